The summed E-state index contributed by atoms with van der Waals surface area (Å²) in [5, 5.41) is 0.789. The van der Waals surface area contributed by atoms with E-state index in [1.54, 1.807) is 36.9 Å². The Morgan fingerprint density at radius 1 is 1.23 bits per heavy atom. The van der Waals surface area contributed by atoms with Gasteiger partial charge in [0.2, 0.25) is 0 Å². The average molecular weight is 422 g/mol. The van der Waals surface area contributed by atoms with Crippen LogP contribution in [0.5, 0.6) is 5.75 Å². The number of hydrogen-bond acceptors (Lipinski definition) is 6. The van der Waals surface area contributed by atoms with Crippen molar-refractivity contribution in [1.29, 1.82) is 0 Å². The molecule has 2 aliphatic heterocycles. The average Bonchev–Trinajstić information content (AvgIpc) is 3.14. The maximum absolute atomic E-state index is 13.6. The number of halogens is 1. The number of aromatic nitrogens is 3. The Hall–Kier alpha value is -3.13. The fourth-order valence-corrected chi connectivity index (χ4v) is 4.87. The molecule has 30 heavy (non-hydrogen) atoms. The van der Waals surface area contributed by atoms with Gasteiger partial charge >= 0.3 is 0 Å². The number of carbonyl (C=O) groups excluding carboxylic acids is 1. The van der Waals surface area contributed by atoms with Crippen LogP contribution >= 0.6 is 11.3 Å². The highest BCUT2D eigenvalue weighted by Crippen LogP contribution is 2.45. The van der Waals surface area contributed by atoms with Crippen molar-refractivity contribution in [3.05, 3.63) is 71.2 Å². The molecule has 1 saturated carbocycles. The molecule has 0 unspecified atom stereocenters. The summed E-state index contributed by atoms with van der Waals surface area (Å²) >= 11 is 1.42. The third-order valence-electron chi connectivity index (χ3n) is 5.45. The summed E-state index contributed by atoms with van der Waals surface area (Å²) in [6, 6.07) is 7.71. The smallest absolute Gasteiger partial charge is 0.278 e. The molecule has 3 fully saturated rings. The molecule has 3 aromatic rings. The van der Waals surface area contributed by atoms with Gasteiger partial charge < -0.3 is 9.64 Å². The van der Waals surface area contributed by atoms with Gasteiger partial charge in [0.1, 0.15) is 22.7 Å². The van der Waals surface area contributed by atoms with Gasteiger partial charge in [-0.3, -0.25) is 4.79 Å². The van der Waals surface area contributed by atoms with Gasteiger partial charge in [0, 0.05) is 18.4 Å². The molecular formula is C22H19FN4O2S. The number of amides is 1. The first-order chi connectivity index (χ1) is 14.6. The van der Waals surface area contributed by atoms with Gasteiger partial charge in [0.25, 0.3) is 5.91 Å². The molecule has 6 rings (SSSR count). The first kappa shape index (κ1) is 18.9. The van der Waals surface area contributed by atoms with Gasteiger partial charge in [-0.15, -0.1) is 11.3 Å². The molecule has 2 bridgehead atoms. The number of piperidine rings is 2. The molecule has 0 atom stereocenters. The Labute approximate surface area is 177 Å². The molecule has 1 amide bonds. The SMILES string of the molecule is Cc1nc(C(=O)N2/C(=C/Oc3ccc(F)cc3)CC3CC2C3)c(-c2ncccn2)s1. The van der Waals surface area contributed by atoms with E-state index >= 15 is 0 Å². The second-order valence-electron chi connectivity index (χ2n) is 7.53. The highest BCUT2D eigenvalue weighted by molar-refractivity contribution is 7.15. The van der Waals surface area contributed by atoms with Crippen molar-refractivity contribution in [1.82, 2.24) is 19.9 Å². The zero-order valence-corrected chi connectivity index (χ0v) is 17.1. The van der Waals surface area contributed by atoms with Crippen molar-refractivity contribution in [3.8, 4) is 16.5 Å². The van der Waals surface area contributed by atoms with E-state index in [2.05, 4.69) is 15.0 Å². The third kappa shape index (κ3) is 3.47. The van der Waals surface area contributed by atoms with E-state index in [0.29, 0.717) is 28.1 Å². The Kier molecular flexibility index (Phi) is 4.78. The zero-order valence-electron chi connectivity index (χ0n) is 16.3. The molecule has 8 heteroatoms. The summed E-state index contributed by atoms with van der Waals surface area (Å²) in [5.41, 5.74) is 1.20. The predicted octanol–water partition coefficient (Wildman–Crippen LogP) is 4.59. The van der Waals surface area contributed by atoms with Gasteiger partial charge in [-0.1, -0.05) is 0 Å². The number of hydrogen-bond donors (Lipinski definition) is 0. The van der Waals surface area contributed by atoms with Crippen LogP contribution in [0.15, 0.2) is 54.7 Å². The van der Waals surface area contributed by atoms with E-state index in [4.69, 9.17) is 4.74 Å². The Balaban J connectivity index is 1.46. The van der Waals surface area contributed by atoms with E-state index in [9.17, 15) is 9.18 Å². The first-order valence-corrected chi connectivity index (χ1v) is 10.6. The number of thiazole rings is 1. The lowest BCUT2D eigenvalue weighted by atomic mass is 9.72. The van der Waals surface area contributed by atoms with Gasteiger partial charge in [-0.05, 0) is 62.4 Å². The predicted molar refractivity (Wildman–Crippen MR) is 110 cm³/mol. The van der Waals surface area contributed by atoms with Crippen LogP contribution < -0.4 is 4.74 Å². The molecule has 0 spiro atoms. The van der Waals surface area contributed by atoms with Crippen molar-refractivity contribution >= 4 is 17.2 Å². The van der Waals surface area contributed by atoms with E-state index in [-0.39, 0.29) is 17.8 Å². The van der Waals surface area contributed by atoms with E-state index in [1.165, 1.54) is 23.5 Å². The van der Waals surface area contributed by atoms with Crippen LogP contribution in [0.2, 0.25) is 0 Å². The quantitative estimate of drug-likeness (QED) is 0.575. The fourth-order valence-electron chi connectivity index (χ4n) is 4.01. The normalized spacial score (nSPS) is 21.4. The molecule has 3 aliphatic rings. The second-order valence-corrected chi connectivity index (χ2v) is 8.74. The summed E-state index contributed by atoms with van der Waals surface area (Å²) < 4.78 is 18.9. The maximum Gasteiger partial charge on any atom is 0.278 e. The van der Waals surface area contributed by atoms with Gasteiger partial charge in [0.15, 0.2) is 11.5 Å². The first-order valence-electron chi connectivity index (χ1n) is 9.78. The lowest BCUT2D eigenvalue weighted by Crippen LogP contribution is -2.52. The van der Waals surface area contributed by atoms with Gasteiger partial charge in [-0.2, -0.15) is 0 Å². The molecular weight excluding hydrogens is 403 g/mol. The van der Waals surface area contributed by atoms with E-state index in [1.807, 2.05) is 11.8 Å². The molecule has 4 heterocycles. The van der Waals surface area contributed by atoms with Gasteiger partial charge in [-0.25, -0.2) is 19.3 Å². The largest absolute Gasteiger partial charge is 0.463 e. The number of nitrogens with zero attached hydrogens (tertiary/aromatic N) is 4. The number of carbonyl (C=O) groups is 1. The molecule has 2 aromatic heterocycles. The summed E-state index contributed by atoms with van der Waals surface area (Å²) in [4.78, 5) is 29.2. The van der Waals surface area contributed by atoms with Crippen LogP contribution in [-0.4, -0.2) is 31.8 Å². The second kappa shape index (κ2) is 7.60. The zero-order chi connectivity index (χ0) is 20.7. The molecule has 1 aromatic carbocycles. The fraction of sp³-hybridized carbons (Fsp3) is 0.273. The minimum Gasteiger partial charge on any atom is -0.463 e. The maximum atomic E-state index is 13.6. The van der Waals surface area contributed by atoms with Crippen LogP contribution in [0, 0.1) is 18.7 Å². The minimum absolute atomic E-state index is 0.144. The van der Waals surface area contributed by atoms with Gasteiger partial charge in [0.05, 0.1) is 10.7 Å². The molecule has 0 N–H and O–H groups in total. The van der Waals surface area contributed by atoms with E-state index < -0.39 is 0 Å². The Bertz CT molecular complexity index is 1110. The third-order valence-corrected chi connectivity index (χ3v) is 6.42. The number of fused-ring (bicyclic) bond motifs is 2. The van der Waals surface area contributed by atoms with E-state index in [0.717, 1.165) is 30.0 Å². The number of ether oxygens (including phenoxy) is 1. The summed E-state index contributed by atoms with van der Waals surface area (Å²) in [7, 11) is 0. The van der Waals surface area contributed by atoms with Crippen molar-refractivity contribution in [3.63, 3.8) is 0 Å². The molecule has 2 saturated heterocycles. The van der Waals surface area contributed by atoms with Crippen LogP contribution in [0.3, 0.4) is 0 Å². The molecule has 6 nitrogen and oxygen atoms in total. The monoisotopic (exact) mass is 422 g/mol. The topological polar surface area (TPSA) is 68.2 Å². The number of rotatable bonds is 4. The van der Waals surface area contributed by atoms with Crippen LogP contribution in [0.25, 0.3) is 10.7 Å². The Morgan fingerprint density at radius 3 is 2.70 bits per heavy atom. The van der Waals surface area contributed by atoms with Crippen molar-refractivity contribution in [2.75, 3.05) is 0 Å². The summed E-state index contributed by atoms with van der Waals surface area (Å²) in [6.45, 7) is 1.87. The summed E-state index contributed by atoms with van der Waals surface area (Å²) in [5.74, 6) is 1.12. The standard InChI is InChI=1S/C22H19FN4O2S/c1-13-26-19(20(30-13)21-24-7-2-8-25-21)22(28)27-16-9-14(10-16)11-17(27)12-29-18-5-3-15(23)4-6-18/h2-8,12,14,16H,9-11H2,1H3/b17-12+. The Morgan fingerprint density at radius 2 is 1.97 bits per heavy atom. The summed E-state index contributed by atoms with van der Waals surface area (Å²) in [6.07, 6.45) is 7.67. The highest BCUT2D eigenvalue weighted by Gasteiger charge is 2.45. The number of allylic oxidation sites excluding steroid dienone is 1. The van der Waals surface area contributed by atoms with Crippen LogP contribution in [-0.2, 0) is 0 Å². The molecule has 0 radical (unpaired) electrons. The molecule has 152 valence electrons. The lowest BCUT2D eigenvalue weighted by Gasteiger charge is -2.49. The van der Waals surface area contributed by atoms with Crippen molar-refractivity contribution < 1.29 is 13.9 Å². The van der Waals surface area contributed by atoms with Crippen LogP contribution in [0.4, 0.5) is 4.39 Å². The number of aryl methyl sites for hydroxylation is 1. The molecule has 1 aliphatic carbocycles. The highest BCUT2D eigenvalue weighted by atomic mass is 32.1. The minimum atomic E-state index is -0.319. The lowest BCUT2D eigenvalue weighted by molar-refractivity contribution is 0.0348. The number of benzene rings is 1. The van der Waals surface area contributed by atoms with Crippen molar-refractivity contribution in [2.24, 2.45) is 5.92 Å². The van der Waals surface area contributed by atoms with Crippen LogP contribution in [0.1, 0.15) is 34.8 Å². The van der Waals surface area contributed by atoms with Crippen molar-refractivity contribution in [2.45, 2.75) is 32.2 Å².